The van der Waals surface area contributed by atoms with E-state index in [4.69, 9.17) is 28.4 Å². The third-order valence-electron chi connectivity index (χ3n) is 13.9. The van der Waals surface area contributed by atoms with Crippen molar-refractivity contribution in [2.45, 2.75) is 108 Å². The summed E-state index contributed by atoms with van der Waals surface area (Å²) < 4.78 is 53.0. The molecule has 1 amide bonds. The van der Waals surface area contributed by atoms with Gasteiger partial charge >= 0.3 is 31.7 Å². The van der Waals surface area contributed by atoms with Crippen LogP contribution in [0.3, 0.4) is 0 Å². The van der Waals surface area contributed by atoms with Crippen LogP contribution in [0.15, 0.2) is 102 Å². The summed E-state index contributed by atoms with van der Waals surface area (Å²) in [6.07, 6.45) is -11.1. The van der Waals surface area contributed by atoms with Crippen molar-refractivity contribution in [3.8, 4) is 0 Å². The Morgan fingerprint density at radius 2 is 1.44 bits per heavy atom. The zero-order valence-corrected chi connectivity index (χ0v) is 39.0. The Bertz CT molecular complexity index is 2510. The molecule has 4 aliphatic rings. The van der Waals surface area contributed by atoms with Crippen LogP contribution in [-0.2, 0) is 56.7 Å². The van der Waals surface area contributed by atoms with Crippen LogP contribution in [0.5, 0.6) is 0 Å². The van der Waals surface area contributed by atoms with Gasteiger partial charge < -0.3 is 53.7 Å². The number of carbonyl (C=O) groups is 6. The lowest BCUT2D eigenvalue weighted by atomic mass is 9.44. The van der Waals surface area contributed by atoms with Crippen molar-refractivity contribution < 1.29 is 86.3 Å². The van der Waals surface area contributed by atoms with Gasteiger partial charge in [0.15, 0.2) is 30.4 Å². The Morgan fingerprint density at radius 1 is 0.853 bits per heavy atom. The molecule has 1 heterocycles. The first-order valence-corrected chi connectivity index (χ1v) is 23.3. The van der Waals surface area contributed by atoms with Crippen LogP contribution >= 0.6 is 7.82 Å². The van der Waals surface area contributed by atoms with Crippen LogP contribution in [0.2, 0.25) is 0 Å². The van der Waals surface area contributed by atoms with Crippen molar-refractivity contribution in [1.29, 1.82) is 0 Å². The maximum atomic E-state index is 15.9. The third-order valence-corrected chi connectivity index (χ3v) is 14.4. The van der Waals surface area contributed by atoms with Crippen LogP contribution in [0, 0.1) is 16.7 Å². The lowest BCUT2D eigenvalue weighted by molar-refractivity contribution is -0.350. The van der Waals surface area contributed by atoms with Gasteiger partial charge in [0.1, 0.15) is 23.9 Å². The Morgan fingerprint density at radius 3 is 1.99 bits per heavy atom. The monoisotopic (exact) mass is 963 g/mol. The van der Waals surface area contributed by atoms with E-state index in [2.05, 4.69) is 9.84 Å². The van der Waals surface area contributed by atoms with E-state index in [9.17, 15) is 48.5 Å². The van der Waals surface area contributed by atoms with Crippen LogP contribution in [-0.4, -0.2) is 117 Å². The molecule has 0 radical (unpaired) electrons. The zero-order valence-electron chi connectivity index (χ0n) is 38.1. The average Bonchev–Trinajstić information content (AvgIpc) is 3.28. The molecule has 2 unspecified atom stereocenters. The van der Waals surface area contributed by atoms with Gasteiger partial charge in [-0.15, -0.1) is 0 Å². The summed E-state index contributed by atoms with van der Waals surface area (Å²) in [4.78, 5) is 104. The second kappa shape index (κ2) is 19.0. The first-order valence-electron chi connectivity index (χ1n) is 21.8. The number of amides is 1. The van der Waals surface area contributed by atoms with Gasteiger partial charge in [-0.25, -0.2) is 14.2 Å². The number of nitrogens with one attached hydrogen (secondary N) is 1. The maximum Gasteiger partial charge on any atom is 0.471 e. The predicted molar refractivity (Wildman–Crippen MR) is 235 cm³/mol. The minimum absolute atomic E-state index is 0.00161. The van der Waals surface area contributed by atoms with Crippen LogP contribution < -0.4 is 5.32 Å². The summed E-state index contributed by atoms with van der Waals surface area (Å²) in [5.41, 5.74) is -7.80. The van der Waals surface area contributed by atoms with Gasteiger partial charge in [-0.2, -0.15) is 0 Å². The van der Waals surface area contributed by atoms with Crippen LogP contribution in [0.25, 0.3) is 0 Å². The molecule has 3 aromatic carbocycles. The largest absolute Gasteiger partial charge is 0.471 e. The number of ketones is 1. The van der Waals surface area contributed by atoms with E-state index < -0.39 is 134 Å². The Labute approximate surface area is 391 Å². The van der Waals surface area contributed by atoms with E-state index in [-0.39, 0.29) is 28.7 Å². The van der Waals surface area contributed by atoms with Crippen molar-refractivity contribution in [3.63, 3.8) is 0 Å². The number of hydrogen-bond donors (Lipinski definition) is 5. The molecule has 364 valence electrons. The second-order valence-corrected chi connectivity index (χ2v) is 19.5. The summed E-state index contributed by atoms with van der Waals surface area (Å²) in [6, 6.07) is 22.4. The Hall–Kier alpha value is -5.63. The Kier molecular flexibility index (Phi) is 14.1. The molecule has 0 spiro atoms. The lowest BCUT2D eigenvalue weighted by Gasteiger charge is -2.67. The molecule has 1 aliphatic heterocycles. The molecule has 2 bridgehead atoms. The molecule has 19 nitrogen and oxygen atoms in total. The number of aliphatic hydroxyl groups excluding tert-OH is 1. The number of Topliss-reactive ketones (excluding diaryl/α,β-unsaturated/α-hetero) is 1. The van der Waals surface area contributed by atoms with E-state index in [1.807, 2.05) is 0 Å². The van der Waals surface area contributed by atoms with Gasteiger partial charge in [0.25, 0.3) is 5.91 Å². The molecule has 1 saturated heterocycles. The summed E-state index contributed by atoms with van der Waals surface area (Å²) in [6.45, 7) is 6.50. The molecule has 2 saturated carbocycles. The number of phosphoric ester groups is 1. The van der Waals surface area contributed by atoms with Gasteiger partial charge in [-0.1, -0.05) is 80.6 Å². The van der Waals surface area contributed by atoms with Crippen LogP contribution in [0.1, 0.15) is 86.7 Å². The SMILES string of the molecule is CC(=O)OC1C(=O)[C@@]2(C)C([C@H](OC(=O)c3ccccc3)[C@]3(O)C[C@H](OC(=O)[C@H](O)[C@@H](NC(=O)c4ccccc4)c4ccccc4)C(C)=C1C3(C)C)[C@]1(OC(C)=O)CO[C@@H]1C[C@@H]2OCOP(=O)(O)O. The number of hydrogen-bond acceptors (Lipinski definition) is 16. The molecule has 5 N–H and O–H groups in total. The zero-order chi connectivity index (χ0) is 49.6. The van der Waals surface area contributed by atoms with Crippen molar-refractivity contribution >= 4 is 43.4 Å². The van der Waals surface area contributed by atoms with Gasteiger partial charge in [0.2, 0.25) is 0 Å². The number of esters is 4. The van der Waals surface area contributed by atoms with Crippen molar-refractivity contribution in [3.05, 3.63) is 119 Å². The van der Waals surface area contributed by atoms with Crippen molar-refractivity contribution in [2.24, 2.45) is 16.7 Å². The fraction of sp³-hybridized carbons (Fsp3) is 0.458. The van der Waals surface area contributed by atoms with Gasteiger partial charge in [-0.05, 0) is 54.8 Å². The maximum absolute atomic E-state index is 15.9. The topological polar surface area (TPSA) is 277 Å². The highest BCUT2D eigenvalue weighted by atomic mass is 31.2. The van der Waals surface area contributed by atoms with E-state index in [0.29, 0.717) is 5.56 Å². The molecule has 3 aromatic rings. The number of rotatable bonds is 14. The fourth-order valence-electron chi connectivity index (χ4n) is 10.6. The third kappa shape index (κ3) is 9.17. The number of aliphatic hydroxyl groups is 2. The van der Waals surface area contributed by atoms with E-state index >= 15 is 4.79 Å². The number of phosphoric acid groups is 1. The molecule has 0 aromatic heterocycles. The first kappa shape index (κ1) is 50.3. The highest BCUT2D eigenvalue weighted by Crippen LogP contribution is 2.65. The molecule has 7 rings (SSSR count). The van der Waals surface area contributed by atoms with E-state index in [1.165, 1.54) is 39.8 Å². The summed E-state index contributed by atoms with van der Waals surface area (Å²) >= 11 is 0. The van der Waals surface area contributed by atoms with Gasteiger partial charge in [-0.3, -0.25) is 23.7 Å². The van der Waals surface area contributed by atoms with Crippen molar-refractivity contribution in [1.82, 2.24) is 5.32 Å². The summed E-state index contributed by atoms with van der Waals surface area (Å²) in [7, 11) is -5.16. The second-order valence-electron chi connectivity index (χ2n) is 18.2. The van der Waals surface area contributed by atoms with E-state index in [0.717, 1.165) is 13.8 Å². The molecule has 3 fully saturated rings. The average molecular weight is 964 g/mol. The Balaban J connectivity index is 1.41. The standard InChI is InChI=1S/C48H54NO18P/c1-26-32(65-44(56)37(52)36(29-16-10-7-11-17-29)49-42(54)30-18-12-8-13-19-30)23-48(57)41(66-43(55)31-20-14-9-15-21-31)39-46(6,40(53)38(64-27(2)50)35(26)45(48,4)5)33(62-25-63-68(58,59)60)22-34-47(39,24-61-34)67-28(3)51/h7-21,32-34,36-39,41,52,57H,22-25H2,1-6H3,(H,49,54)(H2,58,59,60)/t32-,33-,34+,36-,37+,38?,39?,41-,46+,47-,48+/m0/s1. The summed E-state index contributed by atoms with van der Waals surface area (Å²) in [5.74, 6) is -7.38. The van der Waals surface area contributed by atoms with Crippen molar-refractivity contribution in [2.75, 3.05) is 13.4 Å². The molecular weight excluding hydrogens is 909 g/mol. The predicted octanol–water partition coefficient (Wildman–Crippen LogP) is 3.83. The summed E-state index contributed by atoms with van der Waals surface area (Å²) in [5, 5.41) is 28.4. The number of carbonyl (C=O) groups excluding carboxylic acids is 6. The first-order chi connectivity index (χ1) is 32.0. The fourth-order valence-corrected chi connectivity index (χ4v) is 10.8. The lowest BCUT2D eigenvalue weighted by Crippen LogP contribution is -2.82. The number of fused-ring (bicyclic) bond motifs is 5. The van der Waals surface area contributed by atoms with Gasteiger partial charge in [0.05, 0.1) is 35.6 Å². The molecular formula is C48H54NO18P. The highest BCUT2D eigenvalue weighted by Gasteiger charge is 2.78. The minimum Gasteiger partial charge on any atom is -0.456 e. The number of benzene rings is 3. The normalized spacial score (nSPS) is 30.4. The van der Waals surface area contributed by atoms with E-state index in [1.54, 1.807) is 78.9 Å². The quantitative estimate of drug-likeness (QED) is 0.0505. The van der Waals surface area contributed by atoms with Gasteiger partial charge in [0, 0.05) is 37.7 Å². The highest BCUT2D eigenvalue weighted by molar-refractivity contribution is 7.46. The smallest absolute Gasteiger partial charge is 0.456 e. The molecule has 20 heteroatoms. The number of ether oxygens (including phenoxy) is 6. The van der Waals surface area contributed by atoms with Crippen LogP contribution in [0.4, 0.5) is 0 Å². The molecule has 68 heavy (non-hydrogen) atoms. The molecule has 11 atom stereocenters. The molecule has 3 aliphatic carbocycles. The minimum atomic E-state index is -5.16.